The van der Waals surface area contributed by atoms with Gasteiger partial charge in [0.2, 0.25) is 17.0 Å². The van der Waals surface area contributed by atoms with Crippen LogP contribution in [0.4, 0.5) is 5.95 Å². The number of aromatic amines is 1. The summed E-state index contributed by atoms with van der Waals surface area (Å²) in [6.45, 7) is 4.02. The first kappa shape index (κ1) is 14.7. The molecule has 0 saturated heterocycles. The monoisotopic (exact) mass is 309 g/mol. The van der Waals surface area contributed by atoms with Crippen molar-refractivity contribution in [2.24, 2.45) is 17.8 Å². The highest BCUT2D eigenvalue weighted by Gasteiger charge is 2.42. The van der Waals surface area contributed by atoms with Gasteiger partial charge in [-0.05, 0) is 50.9 Å². The average molecular weight is 309 g/mol. The van der Waals surface area contributed by atoms with E-state index in [0.717, 1.165) is 11.8 Å². The highest BCUT2D eigenvalue weighted by molar-refractivity contribution is 8.00. The average Bonchev–Trinajstić information content (AvgIpc) is 3.15. The number of fused-ring (bicyclic) bond motifs is 2. The molecule has 21 heavy (non-hydrogen) atoms. The van der Waals surface area contributed by atoms with Crippen molar-refractivity contribution < 1.29 is 4.79 Å². The number of amides is 1. The lowest BCUT2D eigenvalue weighted by Crippen LogP contribution is -2.43. The maximum absolute atomic E-state index is 12.3. The molecule has 5 unspecified atom stereocenters. The molecule has 7 heteroatoms. The van der Waals surface area contributed by atoms with Gasteiger partial charge in [0.05, 0.1) is 5.25 Å². The SMILES string of the molecule is CC(Sc1n[nH]c(N)n1)C(=O)NC(C)C1CC2CCC1C2. The van der Waals surface area contributed by atoms with E-state index < -0.39 is 0 Å². The van der Waals surface area contributed by atoms with Gasteiger partial charge in [-0.25, -0.2) is 5.10 Å². The number of hydrogen-bond acceptors (Lipinski definition) is 5. The quantitative estimate of drug-likeness (QED) is 0.721. The number of nitrogens with one attached hydrogen (secondary N) is 2. The molecule has 6 nitrogen and oxygen atoms in total. The summed E-state index contributed by atoms with van der Waals surface area (Å²) in [6.07, 6.45) is 5.38. The van der Waals surface area contributed by atoms with E-state index >= 15 is 0 Å². The van der Waals surface area contributed by atoms with Crippen molar-refractivity contribution in [1.29, 1.82) is 0 Å². The van der Waals surface area contributed by atoms with Gasteiger partial charge in [-0.15, -0.1) is 5.10 Å². The van der Waals surface area contributed by atoms with E-state index in [9.17, 15) is 4.79 Å². The summed E-state index contributed by atoms with van der Waals surface area (Å²) in [5.41, 5.74) is 5.49. The Morgan fingerprint density at radius 1 is 1.43 bits per heavy atom. The first-order valence-electron chi connectivity index (χ1n) is 7.68. The standard InChI is InChI=1S/C14H23N5OS/c1-7(11-6-9-3-4-10(11)5-9)16-12(20)8(2)21-14-17-13(15)18-19-14/h7-11H,3-6H2,1-2H3,(H,16,20)(H3,15,17,18,19). The normalized spacial score (nSPS) is 30.3. The number of carbonyl (C=O) groups is 1. The van der Waals surface area contributed by atoms with Gasteiger partial charge < -0.3 is 11.1 Å². The molecule has 1 aromatic rings. The molecule has 2 bridgehead atoms. The molecule has 2 aliphatic rings. The molecule has 3 rings (SSSR count). The van der Waals surface area contributed by atoms with E-state index in [4.69, 9.17) is 5.73 Å². The van der Waals surface area contributed by atoms with Crippen LogP contribution in [0.5, 0.6) is 0 Å². The molecule has 0 spiro atoms. The van der Waals surface area contributed by atoms with Crippen LogP contribution >= 0.6 is 11.8 Å². The fourth-order valence-corrected chi connectivity index (χ4v) is 4.62. The van der Waals surface area contributed by atoms with Crippen LogP contribution in [0.3, 0.4) is 0 Å². The van der Waals surface area contributed by atoms with Crippen LogP contribution in [-0.4, -0.2) is 32.4 Å². The van der Waals surface area contributed by atoms with Crippen LogP contribution in [0.1, 0.15) is 39.5 Å². The summed E-state index contributed by atoms with van der Waals surface area (Å²) >= 11 is 1.33. The van der Waals surface area contributed by atoms with Crippen molar-refractivity contribution in [1.82, 2.24) is 20.5 Å². The number of thioether (sulfide) groups is 1. The summed E-state index contributed by atoms with van der Waals surface area (Å²) in [5.74, 6) is 2.71. The summed E-state index contributed by atoms with van der Waals surface area (Å²) in [4.78, 5) is 16.3. The number of anilines is 1. The molecule has 0 aliphatic heterocycles. The van der Waals surface area contributed by atoms with Gasteiger partial charge in [0, 0.05) is 6.04 Å². The predicted octanol–water partition coefficient (Wildman–Crippen LogP) is 1.81. The number of nitrogen functional groups attached to an aromatic ring is 1. The van der Waals surface area contributed by atoms with E-state index in [1.165, 1.54) is 37.4 Å². The third-order valence-electron chi connectivity index (χ3n) is 4.94. The summed E-state index contributed by atoms with van der Waals surface area (Å²) in [7, 11) is 0. The van der Waals surface area contributed by atoms with E-state index in [-0.39, 0.29) is 23.1 Å². The number of aromatic nitrogens is 3. The predicted molar refractivity (Wildman–Crippen MR) is 82.7 cm³/mol. The molecule has 2 aliphatic carbocycles. The number of hydrogen-bond donors (Lipinski definition) is 3. The Morgan fingerprint density at radius 2 is 2.24 bits per heavy atom. The first-order chi connectivity index (χ1) is 10.0. The minimum absolute atomic E-state index is 0.0543. The van der Waals surface area contributed by atoms with Gasteiger partial charge in [-0.3, -0.25) is 4.79 Å². The Morgan fingerprint density at radius 3 is 2.81 bits per heavy atom. The second-order valence-corrected chi connectivity index (χ2v) is 7.71. The molecular weight excluding hydrogens is 286 g/mol. The number of H-pyrrole nitrogens is 1. The van der Waals surface area contributed by atoms with Crippen LogP contribution in [0.2, 0.25) is 0 Å². The van der Waals surface area contributed by atoms with E-state index in [1.807, 2.05) is 6.92 Å². The van der Waals surface area contributed by atoms with Crippen LogP contribution in [0.25, 0.3) is 0 Å². The van der Waals surface area contributed by atoms with E-state index in [2.05, 4.69) is 27.4 Å². The second kappa shape index (κ2) is 5.87. The maximum atomic E-state index is 12.3. The van der Waals surface area contributed by atoms with E-state index in [1.54, 1.807) is 0 Å². The number of nitrogens with zero attached hydrogens (tertiary/aromatic N) is 2. The Hall–Kier alpha value is -1.24. The smallest absolute Gasteiger partial charge is 0.233 e. The van der Waals surface area contributed by atoms with Crippen molar-refractivity contribution in [2.75, 3.05) is 5.73 Å². The highest BCUT2D eigenvalue weighted by atomic mass is 32.2. The first-order valence-corrected chi connectivity index (χ1v) is 8.55. The zero-order valence-electron chi connectivity index (χ0n) is 12.5. The molecule has 1 amide bonds. The zero-order chi connectivity index (χ0) is 15.0. The third kappa shape index (κ3) is 3.17. The zero-order valence-corrected chi connectivity index (χ0v) is 13.3. The molecule has 0 aromatic carbocycles. The molecule has 0 radical (unpaired) electrons. The second-order valence-electron chi connectivity index (χ2n) is 6.40. The van der Waals surface area contributed by atoms with Crippen LogP contribution in [-0.2, 0) is 4.79 Å². The van der Waals surface area contributed by atoms with Gasteiger partial charge in [0.15, 0.2) is 0 Å². The molecule has 116 valence electrons. The van der Waals surface area contributed by atoms with Crippen molar-refractivity contribution in [2.45, 2.75) is 56.0 Å². The van der Waals surface area contributed by atoms with Gasteiger partial charge in [0.1, 0.15) is 0 Å². The summed E-state index contributed by atoms with van der Waals surface area (Å²) in [5, 5.41) is 10.0. The lowest BCUT2D eigenvalue weighted by molar-refractivity contribution is -0.121. The number of rotatable bonds is 5. The number of nitrogens with two attached hydrogens (primary N) is 1. The molecule has 4 N–H and O–H groups in total. The molecule has 1 aromatic heterocycles. The highest BCUT2D eigenvalue weighted by Crippen LogP contribution is 2.49. The van der Waals surface area contributed by atoms with Crippen LogP contribution in [0.15, 0.2) is 5.16 Å². The van der Waals surface area contributed by atoms with Crippen LogP contribution < -0.4 is 11.1 Å². The lowest BCUT2D eigenvalue weighted by atomic mass is 9.84. The molecular formula is C14H23N5OS. The Bertz CT molecular complexity index is 519. The minimum atomic E-state index is -0.221. The van der Waals surface area contributed by atoms with Gasteiger partial charge >= 0.3 is 0 Å². The Labute approximate surface area is 129 Å². The summed E-state index contributed by atoms with van der Waals surface area (Å²) < 4.78 is 0. The van der Waals surface area contributed by atoms with Crippen molar-refractivity contribution in [3.63, 3.8) is 0 Å². The fraction of sp³-hybridized carbons (Fsp3) is 0.786. The van der Waals surface area contributed by atoms with Crippen molar-refractivity contribution in [3.05, 3.63) is 0 Å². The number of carbonyl (C=O) groups excluding carboxylic acids is 1. The third-order valence-corrected chi connectivity index (χ3v) is 5.90. The van der Waals surface area contributed by atoms with E-state index in [0.29, 0.717) is 11.1 Å². The fourth-order valence-electron chi connectivity index (χ4n) is 3.88. The molecule has 2 fully saturated rings. The lowest BCUT2D eigenvalue weighted by Gasteiger charge is -2.29. The Kier molecular flexibility index (Phi) is 4.10. The topological polar surface area (TPSA) is 96.7 Å². The van der Waals surface area contributed by atoms with Crippen LogP contribution in [0, 0.1) is 17.8 Å². The maximum Gasteiger partial charge on any atom is 0.233 e. The van der Waals surface area contributed by atoms with Gasteiger partial charge in [-0.1, -0.05) is 18.2 Å². The minimum Gasteiger partial charge on any atom is -0.368 e. The summed E-state index contributed by atoms with van der Waals surface area (Å²) in [6, 6.07) is 0.257. The van der Waals surface area contributed by atoms with Gasteiger partial charge in [-0.2, -0.15) is 4.98 Å². The molecule has 5 atom stereocenters. The Balaban J connectivity index is 1.51. The molecule has 2 saturated carbocycles. The van der Waals surface area contributed by atoms with Crippen molar-refractivity contribution in [3.8, 4) is 0 Å². The molecule has 1 heterocycles. The van der Waals surface area contributed by atoms with Crippen molar-refractivity contribution >= 4 is 23.6 Å². The largest absolute Gasteiger partial charge is 0.368 e. The van der Waals surface area contributed by atoms with Gasteiger partial charge in [0.25, 0.3) is 0 Å².